The third-order valence-electron chi connectivity index (χ3n) is 6.46. The predicted octanol–water partition coefficient (Wildman–Crippen LogP) is 2.78. The number of carbonyl (C=O) groups excluding carboxylic acids is 2. The van der Waals surface area contributed by atoms with E-state index in [-0.39, 0.29) is 34.5 Å². The molecule has 3 fully saturated rings. The summed E-state index contributed by atoms with van der Waals surface area (Å²) in [6, 6.07) is 2.98. The molecule has 3 aliphatic rings. The van der Waals surface area contributed by atoms with Crippen molar-refractivity contribution in [1.29, 1.82) is 0 Å². The number of nitrogens with zero attached hydrogens (tertiary/aromatic N) is 1. The number of benzene rings is 1. The van der Waals surface area contributed by atoms with Gasteiger partial charge in [0.2, 0.25) is 5.91 Å². The minimum absolute atomic E-state index is 0.137. The minimum atomic E-state index is -0.680. The second-order valence-corrected chi connectivity index (χ2v) is 7.96. The molecule has 1 atom stereocenters. The first-order valence-electron chi connectivity index (χ1n) is 9.49. The van der Waals surface area contributed by atoms with Gasteiger partial charge in [-0.2, -0.15) is 0 Å². The lowest BCUT2D eigenvalue weighted by atomic mass is 9.87. The number of likely N-dealkylation sites (tertiary alicyclic amines) is 1. The third kappa shape index (κ3) is 3.15. The smallest absolute Gasteiger partial charge is 0.226 e. The van der Waals surface area contributed by atoms with Crippen molar-refractivity contribution in [3.8, 4) is 0 Å². The Hall–Kier alpha value is -1.82. The van der Waals surface area contributed by atoms with Crippen molar-refractivity contribution in [3.05, 3.63) is 35.4 Å². The van der Waals surface area contributed by atoms with Crippen LogP contribution in [0.15, 0.2) is 18.2 Å². The zero-order valence-corrected chi connectivity index (χ0v) is 14.8. The number of piperidine rings is 2. The van der Waals surface area contributed by atoms with Gasteiger partial charge in [0.15, 0.2) is 5.78 Å². The van der Waals surface area contributed by atoms with Gasteiger partial charge < -0.3 is 10.2 Å². The molecule has 2 saturated heterocycles. The van der Waals surface area contributed by atoms with Crippen LogP contribution in [0.1, 0.15) is 42.5 Å². The molecule has 0 bridgehead atoms. The summed E-state index contributed by atoms with van der Waals surface area (Å²) in [5, 5.41) is 3.34. The first-order chi connectivity index (χ1) is 12.5. The molecule has 0 radical (unpaired) electrons. The van der Waals surface area contributed by atoms with Gasteiger partial charge in [-0.3, -0.25) is 9.59 Å². The Balaban J connectivity index is 1.35. The molecule has 2 aliphatic heterocycles. The molecule has 1 unspecified atom stereocenters. The number of Topliss-reactive ketones (excluding diaryl/α,β-unsaturated/α-hetero) is 1. The Morgan fingerprint density at radius 2 is 1.81 bits per heavy atom. The molecular weight excluding hydrogens is 338 g/mol. The Labute approximate surface area is 151 Å². The van der Waals surface area contributed by atoms with Gasteiger partial charge in [0.05, 0.1) is 5.56 Å². The molecule has 2 heterocycles. The first-order valence-corrected chi connectivity index (χ1v) is 9.49. The zero-order valence-electron chi connectivity index (χ0n) is 14.8. The summed E-state index contributed by atoms with van der Waals surface area (Å²) < 4.78 is 27.2. The summed E-state index contributed by atoms with van der Waals surface area (Å²) in [7, 11) is 0. The number of carbonyl (C=O) groups is 2. The van der Waals surface area contributed by atoms with Gasteiger partial charge in [-0.05, 0) is 68.8 Å². The van der Waals surface area contributed by atoms with E-state index in [1.807, 2.05) is 4.90 Å². The maximum atomic E-state index is 13.8. The maximum Gasteiger partial charge on any atom is 0.226 e. The maximum absolute atomic E-state index is 13.8. The van der Waals surface area contributed by atoms with Crippen molar-refractivity contribution in [2.24, 2.45) is 17.3 Å². The highest BCUT2D eigenvalue weighted by molar-refractivity contribution is 5.98. The molecule has 1 aromatic carbocycles. The number of halogens is 2. The van der Waals surface area contributed by atoms with E-state index in [0.29, 0.717) is 25.9 Å². The van der Waals surface area contributed by atoms with Gasteiger partial charge in [-0.1, -0.05) is 0 Å². The molecule has 0 aromatic heterocycles. The lowest BCUT2D eigenvalue weighted by molar-refractivity contribution is -0.134. The average Bonchev–Trinajstić information content (AvgIpc) is 3.36. The van der Waals surface area contributed by atoms with Crippen molar-refractivity contribution in [3.63, 3.8) is 0 Å². The van der Waals surface area contributed by atoms with E-state index in [4.69, 9.17) is 0 Å². The van der Waals surface area contributed by atoms with E-state index >= 15 is 0 Å². The van der Waals surface area contributed by atoms with Crippen LogP contribution in [0, 0.1) is 28.9 Å². The van der Waals surface area contributed by atoms with Crippen molar-refractivity contribution in [2.75, 3.05) is 26.2 Å². The summed E-state index contributed by atoms with van der Waals surface area (Å²) in [5.41, 5.74) is 0.0327. The van der Waals surface area contributed by atoms with Crippen LogP contribution in [0.5, 0.6) is 0 Å². The molecule has 1 amide bonds. The second kappa shape index (κ2) is 6.72. The van der Waals surface area contributed by atoms with Crippen LogP contribution in [0.4, 0.5) is 8.78 Å². The first kappa shape index (κ1) is 17.6. The minimum Gasteiger partial charge on any atom is -0.342 e. The van der Waals surface area contributed by atoms with Crippen LogP contribution >= 0.6 is 0 Å². The molecule has 4 nitrogen and oxygen atoms in total. The van der Waals surface area contributed by atoms with Gasteiger partial charge in [0.25, 0.3) is 0 Å². The topological polar surface area (TPSA) is 49.4 Å². The highest BCUT2D eigenvalue weighted by Gasteiger charge is 2.58. The quantitative estimate of drug-likeness (QED) is 0.842. The Bertz CT molecular complexity index is 723. The monoisotopic (exact) mass is 362 g/mol. The Morgan fingerprint density at radius 3 is 2.50 bits per heavy atom. The van der Waals surface area contributed by atoms with Gasteiger partial charge in [0.1, 0.15) is 11.6 Å². The normalized spacial score (nSPS) is 25.3. The highest BCUT2D eigenvalue weighted by atomic mass is 19.1. The lowest BCUT2D eigenvalue weighted by Gasteiger charge is -2.33. The molecule has 1 spiro atoms. The number of nitrogens with one attached hydrogen (secondary N) is 1. The molecule has 4 rings (SSSR count). The van der Waals surface area contributed by atoms with E-state index in [1.54, 1.807) is 0 Å². The summed E-state index contributed by atoms with van der Waals surface area (Å²) in [6.45, 7) is 3.02. The van der Waals surface area contributed by atoms with E-state index in [1.165, 1.54) is 0 Å². The molecule has 26 heavy (non-hydrogen) atoms. The lowest BCUT2D eigenvalue weighted by Crippen LogP contribution is -2.42. The fourth-order valence-electron chi connectivity index (χ4n) is 4.66. The molecule has 140 valence electrons. The van der Waals surface area contributed by atoms with Crippen LogP contribution in [-0.4, -0.2) is 42.8 Å². The van der Waals surface area contributed by atoms with Crippen molar-refractivity contribution < 1.29 is 18.4 Å². The summed E-state index contributed by atoms with van der Waals surface area (Å²) in [6.07, 6.45) is 4.15. The van der Waals surface area contributed by atoms with Crippen LogP contribution in [0.3, 0.4) is 0 Å². The largest absolute Gasteiger partial charge is 0.342 e. The summed E-state index contributed by atoms with van der Waals surface area (Å²) >= 11 is 0. The number of amides is 1. The van der Waals surface area contributed by atoms with E-state index in [0.717, 1.165) is 50.6 Å². The average molecular weight is 362 g/mol. The number of hydrogen-bond donors (Lipinski definition) is 1. The number of ketones is 1. The Morgan fingerprint density at radius 1 is 1.12 bits per heavy atom. The zero-order chi connectivity index (χ0) is 18.3. The van der Waals surface area contributed by atoms with Gasteiger partial charge >= 0.3 is 0 Å². The summed E-state index contributed by atoms with van der Waals surface area (Å²) in [5.74, 6) is -1.63. The van der Waals surface area contributed by atoms with E-state index in [2.05, 4.69) is 5.32 Å². The van der Waals surface area contributed by atoms with Crippen molar-refractivity contribution in [2.45, 2.75) is 32.1 Å². The molecule has 1 aromatic rings. The number of hydrogen-bond acceptors (Lipinski definition) is 3. The van der Waals surface area contributed by atoms with Gasteiger partial charge in [-0.25, -0.2) is 8.78 Å². The van der Waals surface area contributed by atoms with Crippen LogP contribution < -0.4 is 5.32 Å². The molecule has 1 aliphatic carbocycles. The fourth-order valence-corrected chi connectivity index (χ4v) is 4.66. The molecule has 6 heteroatoms. The predicted molar refractivity (Wildman–Crippen MR) is 92.6 cm³/mol. The highest BCUT2D eigenvalue weighted by Crippen LogP contribution is 2.59. The molecule has 1 N–H and O–H groups in total. The van der Waals surface area contributed by atoms with Crippen molar-refractivity contribution in [1.82, 2.24) is 10.2 Å². The fraction of sp³-hybridized carbons (Fsp3) is 0.600. The van der Waals surface area contributed by atoms with Crippen molar-refractivity contribution >= 4 is 11.7 Å². The van der Waals surface area contributed by atoms with E-state index in [9.17, 15) is 18.4 Å². The van der Waals surface area contributed by atoms with Crippen LogP contribution in [-0.2, 0) is 4.79 Å². The van der Waals surface area contributed by atoms with Gasteiger partial charge in [0, 0.05) is 24.9 Å². The number of rotatable bonds is 3. The molecule has 1 saturated carbocycles. The van der Waals surface area contributed by atoms with Crippen LogP contribution in [0.2, 0.25) is 0 Å². The standard InChI is InChI=1S/C20H24F2N2O2/c21-14-1-2-17(22)15(11-14)18(25)13-3-9-24(10-4-13)19(26)16-12-20(16)5-7-23-8-6-20/h1-2,11,13,16,23H,3-10,12H2. The second-order valence-electron chi connectivity index (χ2n) is 7.96. The van der Waals surface area contributed by atoms with E-state index < -0.39 is 11.6 Å². The van der Waals surface area contributed by atoms with Gasteiger partial charge in [-0.15, -0.1) is 0 Å². The summed E-state index contributed by atoms with van der Waals surface area (Å²) in [4.78, 5) is 27.2. The molecular formula is C20H24F2N2O2. The SMILES string of the molecule is O=C(c1cc(F)ccc1F)C1CCN(C(=O)C2CC23CCNCC3)CC1. The van der Waals surface area contributed by atoms with Crippen LogP contribution in [0.25, 0.3) is 0 Å². The Kier molecular flexibility index (Phi) is 4.55. The third-order valence-corrected chi connectivity index (χ3v) is 6.46.